The van der Waals surface area contributed by atoms with E-state index in [0.717, 1.165) is 49.4 Å². The Bertz CT molecular complexity index is 846. The highest BCUT2D eigenvalue weighted by Crippen LogP contribution is 2.24. The first-order valence-corrected chi connectivity index (χ1v) is 12.1. The van der Waals surface area contributed by atoms with Gasteiger partial charge in [-0.1, -0.05) is 42.6 Å². The number of halogens is 1. The third-order valence-corrected chi connectivity index (χ3v) is 5.43. The van der Waals surface area contributed by atoms with E-state index < -0.39 is 12.1 Å². The molecule has 0 amide bonds. The molecule has 0 unspecified atom stereocenters. The molecule has 0 spiro atoms. The maximum absolute atomic E-state index is 11.1. The quantitative estimate of drug-likeness (QED) is 0.173. The van der Waals surface area contributed by atoms with Gasteiger partial charge in [0.2, 0.25) is 0 Å². The Morgan fingerprint density at radius 3 is 2.47 bits per heavy atom. The minimum Gasteiger partial charge on any atom is -0.426 e. The number of hydrogen-bond acceptors (Lipinski definition) is 7. The monoisotopic (exact) mass is 493 g/mol. The summed E-state index contributed by atoms with van der Waals surface area (Å²) in [6, 6.07) is 12.6. The molecule has 7 nitrogen and oxygen atoms in total. The summed E-state index contributed by atoms with van der Waals surface area (Å²) < 4.78 is 16.2. The summed E-state index contributed by atoms with van der Waals surface area (Å²) in [7, 11) is 0. The second kappa shape index (κ2) is 16.6. The molecule has 34 heavy (non-hydrogen) atoms. The van der Waals surface area contributed by atoms with Gasteiger partial charge in [0.1, 0.15) is 5.75 Å². The van der Waals surface area contributed by atoms with Gasteiger partial charge in [-0.3, -0.25) is 4.79 Å². The van der Waals surface area contributed by atoms with E-state index in [1.807, 2.05) is 24.3 Å². The van der Waals surface area contributed by atoms with Crippen molar-refractivity contribution >= 4 is 17.6 Å². The van der Waals surface area contributed by atoms with Crippen LogP contribution < -0.4 is 10.1 Å². The number of rotatable bonds is 17. The smallest absolute Gasteiger partial charge is 0.308 e. The second-order valence-corrected chi connectivity index (χ2v) is 8.48. The van der Waals surface area contributed by atoms with Crippen molar-refractivity contribution in [3.63, 3.8) is 0 Å². The van der Waals surface area contributed by atoms with Crippen LogP contribution in [0.2, 0.25) is 5.02 Å². The normalized spacial score (nSPS) is 12.0. The molecule has 0 aliphatic carbocycles. The van der Waals surface area contributed by atoms with Crippen LogP contribution in [-0.4, -0.2) is 49.1 Å². The van der Waals surface area contributed by atoms with Gasteiger partial charge in [0, 0.05) is 30.7 Å². The van der Waals surface area contributed by atoms with E-state index in [4.69, 9.17) is 25.8 Å². The molecular formula is C26H36ClNO6. The molecule has 2 aromatic rings. The van der Waals surface area contributed by atoms with Gasteiger partial charge in [-0.05, 0) is 54.8 Å². The number of ether oxygens (including phenoxy) is 3. The average molecular weight is 494 g/mol. The molecule has 8 heteroatoms. The van der Waals surface area contributed by atoms with E-state index in [0.29, 0.717) is 43.2 Å². The summed E-state index contributed by atoms with van der Waals surface area (Å²) in [4.78, 5) is 11.1. The summed E-state index contributed by atoms with van der Waals surface area (Å²) in [6.45, 7) is 4.72. The van der Waals surface area contributed by atoms with Gasteiger partial charge in [0.05, 0.1) is 32.5 Å². The molecule has 0 aliphatic rings. The molecule has 0 bridgehead atoms. The minimum atomic E-state index is -0.702. The molecule has 0 aromatic heterocycles. The van der Waals surface area contributed by atoms with Crippen LogP contribution in [0.4, 0.5) is 0 Å². The van der Waals surface area contributed by atoms with E-state index in [9.17, 15) is 15.0 Å². The Labute approximate surface area is 207 Å². The number of esters is 1. The van der Waals surface area contributed by atoms with Crippen molar-refractivity contribution in [1.82, 2.24) is 5.32 Å². The standard InChI is InChI=1S/C26H36ClNO6/c1-20(30)34-26-11-8-22(16-23(26)18-29)25(31)17-28-12-4-2-3-5-13-32-14-15-33-19-21-6-9-24(27)10-7-21/h6-11,16,25,28-29,31H,2-5,12-15,17-19H2,1H3/t25-/m0/s1. The van der Waals surface area contributed by atoms with Crippen molar-refractivity contribution in [2.45, 2.75) is 51.9 Å². The summed E-state index contributed by atoms with van der Waals surface area (Å²) in [6.07, 6.45) is 3.51. The Hall–Kier alpha value is -2.00. The van der Waals surface area contributed by atoms with Crippen LogP contribution in [-0.2, 0) is 27.5 Å². The summed E-state index contributed by atoms with van der Waals surface area (Å²) >= 11 is 5.86. The number of carbonyl (C=O) groups excluding carboxylic acids is 1. The van der Waals surface area contributed by atoms with Crippen molar-refractivity contribution in [2.24, 2.45) is 0 Å². The SMILES string of the molecule is CC(=O)Oc1ccc([C@@H](O)CNCCCCCCOCCOCc2ccc(Cl)cc2)cc1CO. The Morgan fingerprint density at radius 2 is 1.74 bits per heavy atom. The number of aliphatic hydroxyl groups excluding tert-OH is 2. The Balaban J connectivity index is 1.45. The molecule has 0 heterocycles. The number of aliphatic hydroxyl groups is 2. The molecule has 2 rings (SSSR count). The van der Waals surface area contributed by atoms with Crippen LogP contribution >= 0.6 is 11.6 Å². The zero-order valence-electron chi connectivity index (χ0n) is 19.8. The van der Waals surface area contributed by atoms with Crippen LogP contribution in [0.15, 0.2) is 42.5 Å². The molecule has 1 atom stereocenters. The lowest BCUT2D eigenvalue weighted by atomic mass is 10.1. The highest BCUT2D eigenvalue weighted by molar-refractivity contribution is 6.30. The van der Waals surface area contributed by atoms with Crippen LogP contribution in [0, 0.1) is 0 Å². The lowest BCUT2D eigenvalue weighted by Crippen LogP contribution is -2.22. The van der Waals surface area contributed by atoms with Crippen molar-refractivity contribution in [1.29, 1.82) is 0 Å². The highest BCUT2D eigenvalue weighted by Gasteiger charge is 2.12. The van der Waals surface area contributed by atoms with Gasteiger partial charge < -0.3 is 29.7 Å². The second-order valence-electron chi connectivity index (χ2n) is 8.04. The predicted octanol–water partition coefficient (Wildman–Crippen LogP) is 4.17. The molecule has 0 saturated carbocycles. The first-order valence-electron chi connectivity index (χ1n) is 11.7. The molecular weight excluding hydrogens is 458 g/mol. The molecule has 2 aromatic carbocycles. The van der Waals surface area contributed by atoms with Crippen molar-refractivity contribution in [3.8, 4) is 5.75 Å². The third-order valence-electron chi connectivity index (χ3n) is 5.18. The van der Waals surface area contributed by atoms with Gasteiger partial charge in [0.25, 0.3) is 0 Å². The van der Waals surface area contributed by atoms with Crippen molar-refractivity contribution < 1.29 is 29.2 Å². The van der Waals surface area contributed by atoms with Crippen LogP contribution in [0.25, 0.3) is 0 Å². The van der Waals surface area contributed by atoms with Crippen LogP contribution in [0.3, 0.4) is 0 Å². The zero-order valence-corrected chi connectivity index (χ0v) is 20.6. The van der Waals surface area contributed by atoms with E-state index in [2.05, 4.69) is 5.32 Å². The van der Waals surface area contributed by atoms with Crippen molar-refractivity contribution in [3.05, 3.63) is 64.2 Å². The van der Waals surface area contributed by atoms with E-state index in [1.54, 1.807) is 18.2 Å². The number of benzene rings is 2. The Kier molecular flexibility index (Phi) is 13.8. The fourth-order valence-corrected chi connectivity index (χ4v) is 3.47. The average Bonchev–Trinajstić information content (AvgIpc) is 2.83. The number of carbonyl (C=O) groups is 1. The molecule has 0 saturated heterocycles. The van der Waals surface area contributed by atoms with Crippen molar-refractivity contribution in [2.75, 3.05) is 32.9 Å². The summed E-state index contributed by atoms with van der Waals surface area (Å²) in [5.74, 6) is -0.135. The van der Waals surface area contributed by atoms with Gasteiger partial charge in [-0.2, -0.15) is 0 Å². The largest absolute Gasteiger partial charge is 0.426 e. The fraction of sp³-hybridized carbons (Fsp3) is 0.500. The highest BCUT2D eigenvalue weighted by atomic mass is 35.5. The predicted molar refractivity (Wildman–Crippen MR) is 132 cm³/mol. The molecule has 0 radical (unpaired) electrons. The number of nitrogens with one attached hydrogen (secondary N) is 1. The summed E-state index contributed by atoms with van der Waals surface area (Å²) in [5.41, 5.74) is 2.24. The fourth-order valence-electron chi connectivity index (χ4n) is 3.34. The van der Waals surface area contributed by atoms with Gasteiger partial charge in [0.15, 0.2) is 0 Å². The maximum atomic E-state index is 11.1. The lowest BCUT2D eigenvalue weighted by Gasteiger charge is -2.15. The topological polar surface area (TPSA) is 97.3 Å². The first kappa shape index (κ1) is 28.2. The van der Waals surface area contributed by atoms with E-state index in [-0.39, 0.29) is 6.61 Å². The Morgan fingerprint density at radius 1 is 1.00 bits per heavy atom. The van der Waals surface area contributed by atoms with E-state index in [1.165, 1.54) is 6.92 Å². The molecule has 0 fully saturated rings. The zero-order chi connectivity index (χ0) is 24.6. The first-order chi connectivity index (χ1) is 16.5. The van der Waals surface area contributed by atoms with Crippen LogP contribution in [0.1, 0.15) is 55.4 Å². The molecule has 3 N–H and O–H groups in total. The van der Waals surface area contributed by atoms with E-state index >= 15 is 0 Å². The number of unbranched alkanes of at least 4 members (excludes halogenated alkanes) is 3. The summed E-state index contributed by atoms with van der Waals surface area (Å²) in [5, 5.41) is 23.8. The molecule has 0 aliphatic heterocycles. The van der Waals surface area contributed by atoms with Gasteiger partial charge in [-0.15, -0.1) is 0 Å². The maximum Gasteiger partial charge on any atom is 0.308 e. The van der Waals surface area contributed by atoms with Crippen LogP contribution in [0.5, 0.6) is 5.75 Å². The van der Waals surface area contributed by atoms with Gasteiger partial charge >= 0.3 is 5.97 Å². The minimum absolute atomic E-state index is 0.267. The van der Waals surface area contributed by atoms with Gasteiger partial charge in [-0.25, -0.2) is 0 Å². The number of hydrogen-bond donors (Lipinski definition) is 3. The third kappa shape index (κ3) is 11.4. The molecule has 188 valence electrons. The lowest BCUT2D eigenvalue weighted by molar-refractivity contribution is -0.131.